The summed E-state index contributed by atoms with van der Waals surface area (Å²) >= 11 is 0. The van der Waals surface area contributed by atoms with Gasteiger partial charge in [0.2, 0.25) is 0 Å². The first-order valence-corrected chi connectivity index (χ1v) is 9.44. The third-order valence-corrected chi connectivity index (χ3v) is 5.09. The van der Waals surface area contributed by atoms with Crippen LogP contribution in [0.1, 0.15) is 29.2 Å². The van der Waals surface area contributed by atoms with E-state index in [0.717, 1.165) is 26.1 Å². The van der Waals surface area contributed by atoms with Gasteiger partial charge in [0.25, 0.3) is 0 Å². The molecule has 1 saturated heterocycles. The Kier molecular flexibility index (Phi) is 7.32. The van der Waals surface area contributed by atoms with E-state index in [2.05, 4.69) is 95.9 Å². The van der Waals surface area contributed by atoms with Crippen LogP contribution < -0.4 is 18.9 Å². The Hall–Kier alpha value is -1.82. The van der Waals surface area contributed by atoms with E-state index in [4.69, 9.17) is 5.32 Å². The normalized spacial score (nSPS) is 17.0. The van der Waals surface area contributed by atoms with Crippen LogP contribution in [0.15, 0.2) is 91.0 Å². The number of nitrogens with zero attached hydrogens (tertiary/aromatic N) is 2. The minimum Gasteiger partial charge on any atom is -0.648 e. The van der Waals surface area contributed by atoms with Crippen molar-refractivity contribution in [2.75, 3.05) is 13.1 Å². The minimum atomic E-state index is 0. The molecule has 1 aliphatic heterocycles. The zero-order chi connectivity index (χ0) is 17.6. The molecule has 1 aliphatic rings. The van der Waals surface area contributed by atoms with Crippen LogP contribution in [0.2, 0.25) is 0 Å². The molecule has 0 bridgehead atoms. The van der Waals surface area contributed by atoms with Crippen LogP contribution in [0, 0.1) is 0 Å². The summed E-state index contributed by atoms with van der Waals surface area (Å²) in [6.45, 7) is 3.19. The van der Waals surface area contributed by atoms with Crippen LogP contribution in [0.5, 0.6) is 0 Å². The molecule has 27 heavy (non-hydrogen) atoms. The summed E-state index contributed by atoms with van der Waals surface area (Å²) in [5, 5.41) is 5.27. The van der Waals surface area contributed by atoms with Gasteiger partial charge >= 0.3 is 18.9 Å². The van der Waals surface area contributed by atoms with Gasteiger partial charge < -0.3 is 10.2 Å². The molecule has 132 valence electrons. The van der Waals surface area contributed by atoms with Crippen LogP contribution >= 0.6 is 0 Å². The van der Waals surface area contributed by atoms with E-state index in [1.54, 1.807) is 0 Å². The molecule has 4 rings (SSSR count). The van der Waals surface area contributed by atoms with Crippen molar-refractivity contribution in [3.05, 3.63) is 113 Å². The van der Waals surface area contributed by atoms with Crippen LogP contribution in [0.25, 0.3) is 5.32 Å². The van der Waals surface area contributed by atoms with Gasteiger partial charge in [-0.05, 0) is 18.7 Å². The average Bonchev–Trinajstić information content (AvgIpc) is 3.15. The van der Waals surface area contributed by atoms with E-state index in [0.29, 0.717) is 6.04 Å². The molecule has 1 heterocycles. The van der Waals surface area contributed by atoms with Crippen LogP contribution in [0.4, 0.5) is 0 Å². The number of likely N-dealkylation sites (tertiary alicyclic amines) is 1. The van der Waals surface area contributed by atoms with Crippen molar-refractivity contribution in [3.8, 4) is 0 Å². The fraction of sp³-hybridized carbons (Fsp3) is 0.250. The molecule has 0 aliphatic carbocycles. The molecule has 1 atom stereocenters. The van der Waals surface area contributed by atoms with Gasteiger partial charge in [-0.15, -0.1) is 6.04 Å². The molecule has 1 fully saturated rings. The van der Waals surface area contributed by atoms with Crippen molar-refractivity contribution in [2.45, 2.75) is 25.0 Å². The first-order chi connectivity index (χ1) is 12.9. The predicted octanol–water partition coefficient (Wildman–Crippen LogP) is 2.43. The number of hydrogen-bond donors (Lipinski definition) is 0. The summed E-state index contributed by atoms with van der Waals surface area (Å²) in [5.74, 6) is 0. The first kappa shape index (κ1) is 19.9. The van der Waals surface area contributed by atoms with E-state index >= 15 is 0 Å². The third-order valence-electron chi connectivity index (χ3n) is 5.09. The smallest absolute Gasteiger partial charge is 0.648 e. The topological polar surface area (TPSA) is 17.3 Å². The summed E-state index contributed by atoms with van der Waals surface area (Å²) in [6, 6.07) is 32.6. The second kappa shape index (κ2) is 9.92. The van der Waals surface area contributed by atoms with Gasteiger partial charge in [-0.2, -0.15) is 0 Å². The average molecular weight is 348 g/mol. The Morgan fingerprint density at radius 3 is 1.85 bits per heavy atom. The van der Waals surface area contributed by atoms with Crippen molar-refractivity contribution in [1.29, 1.82) is 0 Å². The van der Waals surface area contributed by atoms with Crippen LogP contribution in [-0.4, -0.2) is 24.0 Å². The quantitative estimate of drug-likeness (QED) is 0.626. The minimum absolute atomic E-state index is 0. The standard InChI is InChI=1S/C24H25N2.Li/c1-4-10-20(11-5-1)18-26-17-16-23(19-26)25-24(21-12-6-2-7-13-21)22-14-8-3-9-15-22;/h1-15,23-24H,16-19H2;/q-1;+1/t23-;/m0./s1. The third kappa shape index (κ3) is 5.34. The molecule has 0 N–H and O–H groups in total. The van der Waals surface area contributed by atoms with E-state index in [9.17, 15) is 0 Å². The van der Waals surface area contributed by atoms with Crippen molar-refractivity contribution in [1.82, 2.24) is 4.90 Å². The van der Waals surface area contributed by atoms with Gasteiger partial charge in [-0.1, -0.05) is 115 Å². The molecule has 0 unspecified atom stereocenters. The second-order valence-corrected chi connectivity index (χ2v) is 7.04. The monoisotopic (exact) mass is 348 g/mol. The van der Waals surface area contributed by atoms with E-state index in [1.807, 2.05) is 0 Å². The van der Waals surface area contributed by atoms with Gasteiger partial charge in [-0.25, -0.2) is 0 Å². The Labute approximate surface area is 174 Å². The summed E-state index contributed by atoms with van der Waals surface area (Å²) in [7, 11) is 0. The molecule has 0 saturated carbocycles. The molecule has 3 aromatic rings. The fourth-order valence-corrected chi connectivity index (χ4v) is 3.77. The molecule has 0 spiro atoms. The number of hydrogen-bond acceptors (Lipinski definition) is 1. The largest absolute Gasteiger partial charge is 1.00 e. The first-order valence-electron chi connectivity index (χ1n) is 9.44. The number of benzene rings is 3. The van der Waals surface area contributed by atoms with Crippen molar-refractivity contribution < 1.29 is 18.9 Å². The summed E-state index contributed by atoms with van der Waals surface area (Å²) in [5.41, 5.74) is 3.94. The maximum Gasteiger partial charge on any atom is 1.00 e. The Morgan fingerprint density at radius 1 is 0.778 bits per heavy atom. The Balaban J connectivity index is 0.00000210. The van der Waals surface area contributed by atoms with Gasteiger partial charge in [0, 0.05) is 6.54 Å². The molecule has 0 aromatic heterocycles. The van der Waals surface area contributed by atoms with Crippen molar-refractivity contribution in [2.24, 2.45) is 0 Å². The zero-order valence-corrected chi connectivity index (χ0v) is 16.0. The van der Waals surface area contributed by atoms with Gasteiger partial charge in [0.1, 0.15) is 0 Å². The maximum absolute atomic E-state index is 5.27. The molecule has 3 heteroatoms. The molecule has 3 aromatic carbocycles. The maximum atomic E-state index is 5.27. The van der Waals surface area contributed by atoms with E-state index < -0.39 is 0 Å². The summed E-state index contributed by atoms with van der Waals surface area (Å²) in [6.07, 6.45) is 1.14. The predicted molar refractivity (Wildman–Crippen MR) is 108 cm³/mol. The fourth-order valence-electron chi connectivity index (χ4n) is 3.77. The number of rotatable bonds is 6. The van der Waals surface area contributed by atoms with E-state index in [-0.39, 0.29) is 24.9 Å². The van der Waals surface area contributed by atoms with Gasteiger partial charge in [0.05, 0.1) is 0 Å². The summed E-state index contributed by atoms with van der Waals surface area (Å²) < 4.78 is 0. The molecule has 0 radical (unpaired) electrons. The van der Waals surface area contributed by atoms with Crippen LogP contribution in [-0.2, 0) is 6.54 Å². The molecule has 0 amide bonds. The van der Waals surface area contributed by atoms with Crippen molar-refractivity contribution in [3.63, 3.8) is 0 Å². The molecular weight excluding hydrogens is 323 g/mol. The van der Waals surface area contributed by atoms with Crippen LogP contribution in [0.3, 0.4) is 0 Å². The van der Waals surface area contributed by atoms with Gasteiger partial charge in [0.15, 0.2) is 0 Å². The SMILES string of the molecule is [Li+].c1ccc(CN2CC[C@H]([N-]C(c3ccccc3)c3ccccc3)C2)cc1. The van der Waals surface area contributed by atoms with Crippen molar-refractivity contribution >= 4 is 0 Å². The Morgan fingerprint density at radius 2 is 1.30 bits per heavy atom. The van der Waals surface area contributed by atoms with E-state index in [1.165, 1.54) is 16.7 Å². The Bertz CT molecular complexity index is 753. The second-order valence-electron chi connectivity index (χ2n) is 7.04. The molecule has 2 nitrogen and oxygen atoms in total. The zero-order valence-electron chi connectivity index (χ0n) is 16.0. The molecular formula is C24H25LiN2. The van der Waals surface area contributed by atoms with Gasteiger partial charge in [-0.3, -0.25) is 0 Å². The summed E-state index contributed by atoms with van der Waals surface area (Å²) in [4.78, 5) is 2.52.